The number of carbonyl (C=O) groups excluding carboxylic acids is 2. The Kier molecular flexibility index (Phi) is 10.8. The molecule has 0 saturated carbocycles. The average molecular weight is 496 g/mol. The second-order valence-electron chi connectivity index (χ2n) is 6.49. The quantitative estimate of drug-likeness (QED) is 0.633. The molecule has 1 heterocycles. The molecule has 0 spiro atoms. The lowest BCUT2D eigenvalue weighted by atomic mass is 10.2. The van der Waals surface area contributed by atoms with E-state index in [0.29, 0.717) is 25.1 Å². The molecule has 168 valence electrons. The van der Waals surface area contributed by atoms with Gasteiger partial charge >= 0.3 is 12.1 Å². The largest absolute Gasteiger partial charge is 0.490 e. The summed E-state index contributed by atoms with van der Waals surface area (Å²) in [6.45, 7) is 6.39. The number of nitrogens with zero attached hydrogens (tertiary/aromatic N) is 2. The smallest absolute Gasteiger partial charge is 0.475 e. The Balaban J connectivity index is 0.000000553. The van der Waals surface area contributed by atoms with Crippen molar-refractivity contribution in [1.29, 1.82) is 0 Å². The van der Waals surface area contributed by atoms with Crippen LogP contribution >= 0.6 is 15.9 Å². The number of piperazine rings is 1. The molecular formula is C19H25BrF3N3O4. The number of rotatable bonds is 6. The minimum absolute atomic E-state index is 0.0127. The number of halogens is 4. The average Bonchev–Trinajstić information content (AvgIpc) is 2.70. The SMILES string of the molecule is CCCN(CCC(=O)N1CCNCC1)C(=O)c1cccc(Br)c1.O=C(O)C(F)(F)F. The van der Waals surface area contributed by atoms with E-state index in [-0.39, 0.29) is 11.8 Å². The standard InChI is InChI=1S/C17H24BrN3O2.C2HF3O2/c1-2-9-21(17(23)14-4-3-5-15(18)13-14)10-6-16(22)20-11-7-19-8-12-20;3-2(4,5)1(6)7/h3-5,13,19H,2,6-12H2,1H3;(H,6,7). The molecule has 0 aromatic heterocycles. The summed E-state index contributed by atoms with van der Waals surface area (Å²) in [6, 6.07) is 7.39. The van der Waals surface area contributed by atoms with Crippen molar-refractivity contribution in [2.75, 3.05) is 39.3 Å². The molecule has 2 amide bonds. The minimum atomic E-state index is -5.08. The van der Waals surface area contributed by atoms with Gasteiger partial charge in [0.05, 0.1) is 0 Å². The highest BCUT2D eigenvalue weighted by Crippen LogP contribution is 2.14. The maximum Gasteiger partial charge on any atom is 0.490 e. The molecule has 0 unspecified atom stereocenters. The number of carboxylic acids is 1. The van der Waals surface area contributed by atoms with Crippen molar-refractivity contribution < 1.29 is 32.7 Å². The lowest BCUT2D eigenvalue weighted by molar-refractivity contribution is -0.192. The van der Waals surface area contributed by atoms with Gasteiger partial charge in [-0.05, 0) is 24.6 Å². The van der Waals surface area contributed by atoms with Gasteiger partial charge in [0.25, 0.3) is 5.91 Å². The van der Waals surface area contributed by atoms with Gasteiger partial charge in [0.15, 0.2) is 0 Å². The first-order valence-electron chi connectivity index (χ1n) is 9.39. The zero-order valence-corrected chi connectivity index (χ0v) is 18.1. The van der Waals surface area contributed by atoms with Crippen LogP contribution in [0.1, 0.15) is 30.1 Å². The van der Waals surface area contributed by atoms with Crippen molar-refractivity contribution in [3.8, 4) is 0 Å². The summed E-state index contributed by atoms with van der Waals surface area (Å²) in [4.78, 5) is 37.5. The van der Waals surface area contributed by atoms with E-state index in [2.05, 4.69) is 21.2 Å². The second kappa shape index (κ2) is 12.5. The fraction of sp³-hybridized carbons (Fsp3) is 0.526. The van der Waals surface area contributed by atoms with E-state index in [9.17, 15) is 22.8 Å². The number of nitrogens with one attached hydrogen (secondary N) is 1. The van der Waals surface area contributed by atoms with E-state index in [4.69, 9.17) is 9.90 Å². The molecule has 1 fully saturated rings. The topological polar surface area (TPSA) is 90.0 Å². The molecule has 1 aromatic rings. The van der Waals surface area contributed by atoms with Gasteiger partial charge in [-0.2, -0.15) is 13.2 Å². The summed E-state index contributed by atoms with van der Waals surface area (Å²) in [7, 11) is 0. The molecule has 0 atom stereocenters. The van der Waals surface area contributed by atoms with Crippen molar-refractivity contribution in [2.45, 2.75) is 25.9 Å². The van der Waals surface area contributed by atoms with Crippen LogP contribution in [0.25, 0.3) is 0 Å². The van der Waals surface area contributed by atoms with Crippen molar-refractivity contribution in [2.24, 2.45) is 0 Å². The van der Waals surface area contributed by atoms with Crippen LogP contribution in [-0.2, 0) is 9.59 Å². The Morgan fingerprint density at radius 3 is 2.30 bits per heavy atom. The number of hydrogen-bond donors (Lipinski definition) is 2. The lowest BCUT2D eigenvalue weighted by Gasteiger charge is -2.29. The van der Waals surface area contributed by atoms with Crippen molar-refractivity contribution in [3.63, 3.8) is 0 Å². The highest BCUT2D eigenvalue weighted by molar-refractivity contribution is 9.10. The Morgan fingerprint density at radius 1 is 1.20 bits per heavy atom. The molecule has 0 aliphatic carbocycles. The van der Waals surface area contributed by atoms with Crippen LogP contribution in [0.2, 0.25) is 0 Å². The summed E-state index contributed by atoms with van der Waals surface area (Å²) in [5, 5.41) is 10.4. The lowest BCUT2D eigenvalue weighted by Crippen LogP contribution is -2.47. The molecule has 1 saturated heterocycles. The van der Waals surface area contributed by atoms with Crippen molar-refractivity contribution in [3.05, 3.63) is 34.3 Å². The van der Waals surface area contributed by atoms with Crippen LogP contribution < -0.4 is 5.32 Å². The monoisotopic (exact) mass is 495 g/mol. The molecule has 0 bridgehead atoms. The third-order valence-electron chi connectivity index (χ3n) is 4.16. The van der Waals surface area contributed by atoms with Gasteiger partial charge < -0.3 is 20.2 Å². The number of benzene rings is 1. The first kappa shape index (κ1) is 25.9. The maximum absolute atomic E-state index is 12.6. The van der Waals surface area contributed by atoms with E-state index in [0.717, 1.165) is 37.1 Å². The predicted octanol–water partition coefficient (Wildman–Crippen LogP) is 2.76. The van der Waals surface area contributed by atoms with Crippen molar-refractivity contribution >= 4 is 33.7 Å². The molecule has 11 heteroatoms. The van der Waals surface area contributed by atoms with Crippen molar-refractivity contribution in [1.82, 2.24) is 15.1 Å². The number of alkyl halides is 3. The Morgan fingerprint density at radius 2 is 1.80 bits per heavy atom. The van der Waals surface area contributed by atoms with E-state index < -0.39 is 12.1 Å². The summed E-state index contributed by atoms with van der Waals surface area (Å²) in [5.74, 6) is -2.64. The zero-order chi connectivity index (χ0) is 22.7. The van der Waals surface area contributed by atoms with Crippen LogP contribution in [0.4, 0.5) is 13.2 Å². The van der Waals surface area contributed by atoms with Crippen LogP contribution in [0.3, 0.4) is 0 Å². The Hall–Kier alpha value is -2.14. The van der Waals surface area contributed by atoms with Crippen LogP contribution in [-0.4, -0.2) is 78.1 Å². The van der Waals surface area contributed by atoms with E-state index in [1.165, 1.54) is 0 Å². The number of hydrogen-bond acceptors (Lipinski definition) is 4. The molecule has 1 aliphatic heterocycles. The highest BCUT2D eigenvalue weighted by Gasteiger charge is 2.38. The van der Waals surface area contributed by atoms with Crippen LogP contribution in [0, 0.1) is 0 Å². The fourth-order valence-electron chi connectivity index (χ4n) is 2.69. The number of amides is 2. The number of aliphatic carboxylic acids is 1. The van der Waals surface area contributed by atoms with Crippen LogP contribution in [0.15, 0.2) is 28.7 Å². The number of carbonyl (C=O) groups is 3. The predicted molar refractivity (Wildman–Crippen MR) is 108 cm³/mol. The molecule has 1 aliphatic rings. The number of carboxylic acid groups (broad SMARTS) is 1. The fourth-order valence-corrected chi connectivity index (χ4v) is 3.09. The molecule has 2 rings (SSSR count). The molecule has 2 N–H and O–H groups in total. The first-order chi connectivity index (χ1) is 14.1. The third-order valence-corrected chi connectivity index (χ3v) is 4.65. The van der Waals surface area contributed by atoms with Gasteiger partial charge in [-0.3, -0.25) is 9.59 Å². The van der Waals surface area contributed by atoms with Gasteiger partial charge in [-0.1, -0.05) is 28.9 Å². The summed E-state index contributed by atoms with van der Waals surface area (Å²) >= 11 is 3.40. The molecule has 7 nitrogen and oxygen atoms in total. The molecule has 0 radical (unpaired) electrons. The van der Waals surface area contributed by atoms with Gasteiger partial charge in [0.1, 0.15) is 0 Å². The molecule has 1 aromatic carbocycles. The van der Waals surface area contributed by atoms with Gasteiger partial charge in [-0.15, -0.1) is 0 Å². The highest BCUT2D eigenvalue weighted by atomic mass is 79.9. The van der Waals surface area contributed by atoms with Gasteiger partial charge in [0.2, 0.25) is 5.91 Å². The van der Waals surface area contributed by atoms with Gasteiger partial charge in [-0.25, -0.2) is 4.79 Å². The van der Waals surface area contributed by atoms with Gasteiger partial charge in [0, 0.05) is 55.7 Å². The van der Waals surface area contributed by atoms with E-state index in [1.54, 1.807) is 4.90 Å². The minimum Gasteiger partial charge on any atom is -0.475 e. The molecular weight excluding hydrogens is 471 g/mol. The Labute approximate surface area is 181 Å². The summed E-state index contributed by atoms with van der Waals surface area (Å²) < 4.78 is 32.6. The van der Waals surface area contributed by atoms with E-state index in [1.807, 2.05) is 36.1 Å². The maximum atomic E-state index is 12.6. The van der Waals surface area contributed by atoms with E-state index >= 15 is 0 Å². The second-order valence-corrected chi connectivity index (χ2v) is 7.40. The first-order valence-corrected chi connectivity index (χ1v) is 10.2. The zero-order valence-electron chi connectivity index (χ0n) is 16.5. The summed E-state index contributed by atoms with van der Waals surface area (Å²) in [5.41, 5.74) is 0.655. The Bertz CT molecular complexity index is 725. The summed E-state index contributed by atoms with van der Waals surface area (Å²) in [6.07, 6.45) is -3.82. The molecule has 30 heavy (non-hydrogen) atoms. The normalized spacial score (nSPS) is 13.8. The third kappa shape index (κ3) is 9.12. The van der Waals surface area contributed by atoms with Crippen LogP contribution in [0.5, 0.6) is 0 Å².